The minimum Gasteiger partial charge on any atom is -0.391 e. The summed E-state index contributed by atoms with van der Waals surface area (Å²) in [6.07, 6.45) is 0.455. The summed E-state index contributed by atoms with van der Waals surface area (Å²) in [5.41, 5.74) is 1.07. The Morgan fingerprint density at radius 1 is 1.50 bits per heavy atom. The number of hydrogen-bond donors (Lipinski definition) is 2. The van der Waals surface area contributed by atoms with Crippen LogP contribution < -0.4 is 5.32 Å². The van der Waals surface area contributed by atoms with Crippen molar-refractivity contribution in [2.75, 3.05) is 5.32 Å². The third kappa shape index (κ3) is 2.69. The molecule has 1 aromatic heterocycles. The number of aryl methyl sites for hydroxylation is 2. The number of aliphatic hydroxyl groups is 1. The zero-order valence-corrected chi connectivity index (χ0v) is 9.98. The summed E-state index contributed by atoms with van der Waals surface area (Å²) < 4.78 is 0. The Morgan fingerprint density at radius 2 is 2.14 bits per heavy atom. The molecule has 80 valence electrons. The van der Waals surface area contributed by atoms with Crippen molar-refractivity contribution in [2.24, 2.45) is 0 Å². The topological polar surface area (TPSA) is 45.1 Å². The van der Waals surface area contributed by atoms with Crippen molar-refractivity contribution in [1.29, 1.82) is 0 Å². The predicted molar refractivity (Wildman–Crippen MR) is 61.0 cm³/mol. The van der Waals surface area contributed by atoms with Crippen molar-refractivity contribution in [3.05, 3.63) is 10.6 Å². The third-order valence-electron chi connectivity index (χ3n) is 2.38. The summed E-state index contributed by atoms with van der Waals surface area (Å²) in [7, 11) is 0. The number of rotatable bonds is 4. The van der Waals surface area contributed by atoms with Crippen molar-refractivity contribution < 1.29 is 5.11 Å². The molecule has 0 aliphatic heterocycles. The Hall–Kier alpha value is -0.610. The maximum atomic E-state index is 9.58. The lowest BCUT2D eigenvalue weighted by molar-refractivity contribution is 0.154. The van der Waals surface area contributed by atoms with Gasteiger partial charge in [0.2, 0.25) is 0 Å². The van der Waals surface area contributed by atoms with Crippen LogP contribution >= 0.6 is 11.3 Å². The van der Waals surface area contributed by atoms with Gasteiger partial charge in [-0.15, -0.1) is 11.3 Å². The molecule has 0 spiro atoms. The van der Waals surface area contributed by atoms with Crippen LogP contribution in [0.15, 0.2) is 0 Å². The van der Waals surface area contributed by atoms with E-state index < -0.39 is 0 Å². The monoisotopic (exact) mass is 214 g/mol. The number of nitrogens with zero attached hydrogens (tertiary/aromatic N) is 1. The molecule has 1 aromatic rings. The van der Waals surface area contributed by atoms with E-state index in [-0.39, 0.29) is 12.1 Å². The Morgan fingerprint density at radius 3 is 2.57 bits per heavy atom. The lowest BCUT2D eigenvalue weighted by Crippen LogP contribution is -2.29. The zero-order valence-electron chi connectivity index (χ0n) is 9.16. The van der Waals surface area contributed by atoms with E-state index in [1.165, 1.54) is 4.88 Å². The Kier molecular flexibility index (Phi) is 3.89. The molecular formula is C10H18N2OS. The van der Waals surface area contributed by atoms with E-state index in [2.05, 4.69) is 17.2 Å². The third-order valence-corrected chi connectivity index (χ3v) is 3.38. The Balaban J connectivity index is 2.60. The van der Waals surface area contributed by atoms with Gasteiger partial charge in [0.15, 0.2) is 5.13 Å². The summed E-state index contributed by atoms with van der Waals surface area (Å²) in [6.45, 7) is 8.00. The van der Waals surface area contributed by atoms with Crippen molar-refractivity contribution in [3.8, 4) is 0 Å². The highest BCUT2D eigenvalue weighted by atomic mass is 32.1. The first-order chi connectivity index (χ1) is 6.54. The number of aromatic nitrogens is 1. The number of nitrogens with one attached hydrogen (secondary N) is 1. The van der Waals surface area contributed by atoms with Crippen LogP contribution in [0.3, 0.4) is 0 Å². The van der Waals surface area contributed by atoms with E-state index in [0.29, 0.717) is 0 Å². The summed E-state index contributed by atoms with van der Waals surface area (Å²) in [5, 5.41) is 13.7. The van der Waals surface area contributed by atoms with Crippen LogP contribution in [0.1, 0.15) is 30.8 Å². The van der Waals surface area contributed by atoms with Crippen LogP contribution in [0.5, 0.6) is 0 Å². The molecule has 0 amide bonds. The molecule has 0 bridgehead atoms. The van der Waals surface area contributed by atoms with Crippen molar-refractivity contribution in [1.82, 2.24) is 4.98 Å². The van der Waals surface area contributed by atoms with E-state index >= 15 is 0 Å². The average Bonchev–Trinajstić information content (AvgIpc) is 2.44. The highest BCUT2D eigenvalue weighted by molar-refractivity contribution is 7.15. The van der Waals surface area contributed by atoms with Gasteiger partial charge >= 0.3 is 0 Å². The Labute approximate surface area is 89.2 Å². The molecule has 1 heterocycles. The van der Waals surface area contributed by atoms with Crippen molar-refractivity contribution in [2.45, 2.75) is 46.3 Å². The molecule has 2 N–H and O–H groups in total. The van der Waals surface area contributed by atoms with Gasteiger partial charge in [-0.25, -0.2) is 4.98 Å². The molecule has 0 aliphatic carbocycles. The van der Waals surface area contributed by atoms with E-state index in [1.54, 1.807) is 11.3 Å². The fourth-order valence-corrected chi connectivity index (χ4v) is 2.09. The SMILES string of the molecule is CCC(O)C(C)Nc1nc(C)c(C)s1. The first-order valence-electron chi connectivity index (χ1n) is 4.93. The first-order valence-corrected chi connectivity index (χ1v) is 5.74. The molecule has 14 heavy (non-hydrogen) atoms. The molecule has 2 unspecified atom stereocenters. The van der Waals surface area contributed by atoms with Crippen LogP contribution in [-0.2, 0) is 0 Å². The normalized spacial score (nSPS) is 15.2. The second-order valence-electron chi connectivity index (χ2n) is 3.57. The van der Waals surface area contributed by atoms with Gasteiger partial charge in [-0.2, -0.15) is 0 Å². The fraction of sp³-hybridized carbons (Fsp3) is 0.700. The number of hydrogen-bond acceptors (Lipinski definition) is 4. The lowest BCUT2D eigenvalue weighted by Gasteiger charge is -2.17. The fourth-order valence-electron chi connectivity index (χ4n) is 1.18. The van der Waals surface area contributed by atoms with Gasteiger partial charge in [0.25, 0.3) is 0 Å². The number of aliphatic hydroxyl groups excluding tert-OH is 1. The lowest BCUT2D eigenvalue weighted by atomic mass is 10.1. The van der Waals surface area contributed by atoms with E-state index in [4.69, 9.17) is 0 Å². The minimum absolute atomic E-state index is 0.0601. The summed E-state index contributed by atoms with van der Waals surface area (Å²) in [5.74, 6) is 0. The van der Waals surface area contributed by atoms with Gasteiger partial charge in [-0.3, -0.25) is 0 Å². The number of thiazole rings is 1. The molecule has 0 saturated carbocycles. The first kappa shape index (κ1) is 11.5. The molecular weight excluding hydrogens is 196 g/mol. The molecule has 0 aromatic carbocycles. The smallest absolute Gasteiger partial charge is 0.183 e. The average molecular weight is 214 g/mol. The van der Waals surface area contributed by atoms with Gasteiger partial charge in [0.05, 0.1) is 17.8 Å². The summed E-state index contributed by atoms with van der Waals surface area (Å²) in [4.78, 5) is 5.59. The van der Waals surface area contributed by atoms with Crippen LogP contribution in [-0.4, -0.2) is 22.2 Å². The molecule has 3 nitrogen and oxygen atoms in total. The molecule has 0 fully saturated rings. The summed E-state index contributed by atoms with van der Waals surface area (Å²) in [6, 6.07) is 0.0601. The second-order valence-corrected chi connectivity index (χ2v) is 4.77. The van der Waals surface area contributed by atoms with Crippen LogP contribution in [0.4, 0.5) is 5.13 Å². The van der Waals surface area contributed by atoms with Crippen molar-refractivity contribution >= 4 is 16.5 Å². The molecule has 0 radical (unpaired) electrons. The van der Waals surface area contributed by atoms with Crippen LogP contribution in [0.2, 0.25) is 0 Å². The van der Waals surface area contributed by atoms with Crippen LogP contribution in [0.25, 0.3) is 0 Å². The van der Waals surface area contributed by atoms with Gasteiger partial charge in [-0.1, -0.05) is 6.92 Å². The maximum absolute atomic E-state index is 9.58. The molecule has 4 heteroatoms. The van der Waals surface area contributed by atoms with E-state index in [1.807, 2.05) is 20.8 Å². The highest BCUT2D eigenvalue weighted by Crippen LogP contribution is 2.22. The van der Waals surface area contributed by atoms with Gasteiger partial charge in [0, 0.05) is 4.88 Å². The number of anilines is 1. The maximum Gasteiger partial charge on any atom is 0.183 e. The standard InChI is InChI=1S/C10H18N2OS/c1-5-9(13)7(3)12-10-11-6(2)8(4)14-10/h7,9,13H,5H2,1-4H3,(H,11,12). The van der Waals surface area contributed by atoms with Gasteiger partial charge < -0.3 is 10.4 Å². The largest absolute Gasteiger partial charge is 0.391 e. The van der Waals surface area contributed by atoms with Crippen LogP contribution in [0, 0.1) is 13.8 Å². The van der Waals surface area contributed by atoms with E-state index in [0.717, 1.165) is 17.2 Å². The molecule has 0 saturated heterocycles. The Bertz CT molecular complexity index is 279. The van der Waals surface area contributed by atoms with Crippen molar-refractivity contribution in [3.63, 3.8) is 0 Å². The van der Waals surface area contributed by atoms with E-state index in [9.17, 15) is 5.11 Å². The quantitative estimate of drug-likeness (QED) is 0.808. The molecule has 0 aliphatic rings. The minimum atomic E-state index is -0.306. The zero-order chi connectivity index (χ0) is 10.7. The molecule has 2 atom stereocenters. The second kappa shape index (κ2) is 4.75. The summed E-state index contributed by atoms with van der Waals surface area (Å²) >= 11 is 1.64. The highest BCUT2D eigenvalue weighted by Gasteiger charge is 2.13. The van der Waals surface area contributed by atoms with Gasteiger partial charge in [0.1, 0.15) is 0 Å². The van der Waals surface area contributed by atoms with Gasteiger partial charge in [-0.05, 0) is 27.2 Å². The predicted octanol–water partition coefficient (Wildman–Crippen LogP) is 2.33. The molecule has 1 rings (SSSR count).